The van der Waals surface area contributed by atoms with E-state index in [4.69, 9.17) is 15.0 Å². The molecule has 27 heavy (non-hydrogen) atoms. The highest BCUT2D eigenvalue weighted by Crippen LogP contribution is 2.08. The van der Waals surface area contributed by atoms with Gasteiger partial charge in [-0.25, -0.2) is 23.1 Å². The lowest BCUT2D eigenvalue weighted by Gasteiger charge is -2.21. The number of nitrogens with one attached hydrogen (secondary N) is 1. The van der Waals surface area contributed by atoms with Gasteiger partial charge in [0.25, 0.3) is 0 Å². The minimum Gasteiger partial charge on any atom is -0.480 e. The van der Waals surface area contributed by atoms with Gasteiger partial charge in [-0.1, -0.05) is 17.7 Å². The molecule has 154 valence electrons. The van der Waals surface area contributed by atoms with Crippen LogP contribution in [0.5, 0.6) is 0 Å². The van der Waals surface area contributed by atoms with Crippen LogP contribution in [-0.4, -0.2) is 49.2 Å². The number of thioether (sulfide) groups is 1. The first kappa shape index (κ1) is 25.2. The maximum Gasteiger partial charge on any atom is 0.408 e. The number of ether oxygens (including phenoxy) is 1. The van der Waals surface area contributed by atoms with Gasteiger partial charge in [0.1, 0.15) is 11.6 Å². The van der Waals surface area contributed by atoms with Crippen molar-refractivity contribution in [2.24, 2.45) is 5.14 Å². The highest BCUT2D eigenvalue weighted by Gasteiger charge is 2.23. The first-order chi connectivity index (χ1) is 12.3. The van der Waals surface area contributed by atoms with Crippen LogP contribution in [-0.2, 0) is 19.6 Å². The smallest absolute Gasteiger partial charge is 0.408 e. The Kier molecular flexibility index (Phi) is 10.4. The van der Waals surface area contributed by atoms with E-state index >= 15 is 0 Å². The van der Waals surface area contributed by atoms with Gasteiger partial charge in [-0.05, 0) is 58.3 Å². The number of aliphatic carboxylic acids is 1. The molecule has 0 heterocycles. The molecule has 0 fully saturated rings. The van der Waals surface area contributed by atoms with Crippen molar-refractivity contribution < 1.29 is 27.9 Å². The highest BCUT2D eigenvalue weighted by atomic mass is 32.2. The Balaban J connectivity index is 0.000000533. The number of rotatable bonds is 6. The summed E-state index contributed by atoms with van der Waals surface area (Å²) in [6, 6.07) is 5.51. The maximum atomic E-state index is 11.3. The fourth-order valence-corrected chi connectivity index (χ4v) is 2.66. The number of nitrogens with two attached hydrogens (primary N) is 1. The third-order valence-electron chi connectivity index (χ3n) is 2.95. The number of carbonyl (C=O) groups excluding carboxylic acids is 1. The third kappa shape index (κ3) is 12.3. The van der Waals surface area contributed by atoms with E-state index in [-0.39, 0.29) is 4.90 Å². The van der Waals surface area contributed by atoms with E-state index in [9.17, 15) is 18.0 Å². The minimum atomic E-state index is -3.52. The Morgan fingerprint density at radius 2 is 1.78 bits per heavy atom. The molecular weight excluding hydrogens is 392 g/mol. The van der Waals surface area contributed by atoms with Crippen molar-refractivity contribution in [3.05, 3.63) is 29.8 Å². The maximum absolute atomic E-state index is 11.3. The van der Waals surface area contributed by atoms with Crippen LogP contribution < -0.4 is 10.5 Å². The number of sulfonamides is 1. The van der Waals surface area contributed by atoms with E-state index in [1.807, 2.05) is 13.2 Å². The average Bonchev–Trinajstić information content (AvgIpc) is 2.49. The number of carboxylic acid groups (broad SMARTS) is 1. The van der Waals surface area contributed by atoms with Crippen LogP contribution in [0.1, 0.15) is 32.8 Å². The quantitative estimate of drug-likeness (QED) is 0.642. The van der Waals surface area contributed by atoms with Gasteiger partial charge in [0.15, 0.2) is 0 Å². The Morgan fingerprint density at radius 1 is 1.26 bits per heavy atom. The molecule has 4 N–H and O–H groups in total. The Labute approximate surface area is 164 Å². The van der Waals surface area contributed by atoms with Crippen molar-refractivity contribution >= 4 is 33.8 Å². The van der Waals surface area contributed by atoms with E-state index in [0.29, 0.717) is 12.2 Å². The number of carboxylic acids is 1. The summed E-state index contributed by atoms with van der Waals surface area (Å²) in [6.45, 7) is 7.06. The van der Waals surface area contributed by atoms with Crippen LogP contribution in [0.4, 0.5) is 4.79 Å². The zero-order chi connectivity index (χ0) is 21.3. The summed E-state index contributed by atoms with van der Waals surface area (Å²) in [5, 5.41) is 16.1. The molecule has 1 atom stereocenters. The third-order valence-corrected chi connectivity index (χ3v) is 4.52. The van der Waals surface area contributed by atoms with Crippen molar-refractivity contribution in [2.75, 3.05) is 12.0 Å². The second-order valence-corrected chi connectivity index (χ2v) is 9.22. The lowest BCUT2D eigenvalue weighted by Crippen LogP contribution is -2.43. The normalized spacial score (nSPS) is 12.4. The summed E-state index contributed by atoms with van der Waals surface area (Å²) in [4.78, 5) is 22.3. The summed E-state index contributed by atoms with van der Waals surface area (Å²) in [5.41, 5.74) is 0.393. The zero-order valence-electron chi connectivity index (χ0n) is 16.2. The van der Waals surface area contributed by atoms with E-state index in [2.05, 4.69) is 5.32 Å². The number of hydrogen-bond acceptors (Lipinski definition) is 6. The Bertz CT molecular complexity index is 712. The van der Waals surface area contributed by atoms with E-state index in [1.165, 1.54) is 23.9 Å². The molecule has 8 nitrogen and oxygen atoms in total. The van der Waals surface area contributed by atoms with Gasteiger partial charge in [0, 0.05) is 0 Å². The van der Waals surface area contributed by atoms with Crippen LogP contribution in [0.3, 0.4) is 0 Å². The fourth-order valence-electron chi connectivity index (χ4n) is 1.67. The molecule has 0 aliphatic rings. The summed E-state index contributed by atoms with van der Waals surface area (Å²) >= 11 is 1.53. The van der Waals surface area contributed by atoms with Gasteiger partial charge in [-0.3, -0.25) is 0 Å². The number of alkyl carbamates (subject to hydrolysis) is 1. The second-order valence-electron chi connectivity index (χ2n) is 6.68. The first-order valence-corrected chi connectivity index (χ1v) is 11.0. The van der Waals surface area contributed by atoms with E-state index in [1.54, 1.807) is 32.9 Å². The van der Waals surface area contributed by atoms with Crippen LogP contribution >= 0.6 is 11.8 Å². The molecule has 1 amide bonds. The number of primary sulfonamides is 1. The second kappa shape index (κ2) is 11.2. The monoisotopic (exact) mass is 420 g/mol. The van der Waals surface area contributed by atoms with Gasteiger partial charge in [0.2, 0.25) is 10.0 Å². The molecule has 0 aliphatic heterocycles. The predicted molar refractivity (Wildman–Crippen MR) is 106 cm³/mol. The molecule has 0 aromatic heterocycles. The number of carbonyl (C=O) groups is 2. The molecule has 0 radical (unpaired) electrons. The van der Waals surface area contributed by atoms with Crippen LogP contribution in [0.25, 0.3) is 0 Å². The standard InChI is InChI=1S/C10H19NO4S.C7H9NO2S/c1-10(2,3)15-9(14)11-7(8(12)13)5-6-16-4;1-6-2-4-7(5-3-6)11(8,9)10/h7H,5-6H2,1-4H3,(H,11,14)(H,12,13);2-5H,1H3,(H2,8,9,10)/t7-;/m0./s1. The zero-order valence-corrected chi connectivity index (χ0v) is 17.8. The van der Waals surface area contributed by atoms with Crippen LogP contribution in [0.2, 0.25) is 0 Å². The molecule has 0 bridgehead atoms. The minimum absolute atomic E-state index is 0.156. The van der Waals surface area contributed by atoms with E-state index in [0.717, 1.165) is 5.56 Å². The number of hydrogen-bond donors (Lipinski definition) is 3. The van der Waals surface area contributed by atoms with Gasteiger partial charge in [-0.15, -0.1) is 0 Å². The van der Waals surface area contributed by atoms with Crippen molar-refractivity contribution in [2.45, 2.75) is 50.7 Å². The summed E-state index contributed by atoms with van der Waals surface area (Å²) < 4.78 is 26.4. The van der Waals surface area contributed by atoms with Crippen molar-refractivity contribution in [3.8, 4) is 0 Å². The summed E-state index contributed by atoms with van der Waals surface area (Å²) in [7, 11) is -3.52. The molecule has 0 unspecified atom stereocenters. The predicted octanol–water partition coefficient (Wildman–Crippen LogP) is 2.36. The summed E-state index contributed by atoms with van der Waals surface area (Å²) in [5.74, 6) is -0.368. The van der Waals surface area contributed by atoms with Gasteiger partial charge < -0.3 is 15.2 Å². The molecule has 0 saturated heterocycles. The van der Waals surface area contributed by atoms with Gasteiger partial charge in [-0.2, -0.15) is 11.8 Å². The van der Waals surface area contributed by atoms with Crippen molar-refractivity contribution in [1.82, 2.24) is 5.32 Å². The summed E-state index contributed by atoms with van der Waals surface area (Å²) in [6.07, 6.45) is 1.57. The molecular formula is C17H28N2O6S2. The van der Waals surface area contributed by atoms with Gasteiger partial charge in [0.05, 0.1) is 4.90 Å². The van der Waals surface area contributed by atoms with Crippen LogP contribution in [0.15, 0.2) is 29.2 Å². The molecule has 0 aliphatic carbocycles. The van der Waals surface area contributed by atoms with Crippen molar-refractivity contribution in [3.63, 3.8) is 0 Å². The van der Waals surface area contributed by atoms with Crippen molar-refractivity contribution in [1.29, 1.82) is 0 Å². The SMILES string of the molecule is CSCC[C@H](NC(=O)OC(C)(C)C)C(=O)O.Cc1ccc(S(N)(=O)=O)cc1. The fraction of sp³-hybridized carbons (Fsp3) is 0.529. The number of benzene rings is 1. The number of amides is 1. The largest absolute Gasteiger partial charge is 0.480 e. The van der Waals surface area contributed by atoms with Crippen LogP contribution in [0, 0.1) is 6.92 Å². The topological polar surface area (TPSA) is 136 Å². The lowest BCUT2D eigenvalue weighted by atomic mass is 10.2. The highest BCUT2D eigenvalue weighted by molar-refractivity contribution is 7.98. The molecule has 0 spiro atoms. The average molecular weight is 421 g/mol. The molecule has 1 rings (SSSR count). The lowest BCUT2D eigenvalue weighted by molar-refractivity contribution is -0.139. The number of aryl methyl sites for hydroxylation is 1. The van der Waals surface area contributed by atoms with E-state index < -0.39 is 33.7 Å². The first-order valence-electron chi connectivity index (χ1n) is 8.07. The Hall–Kier alpha value is -1.78. The molecule has 0 saturated carbocycles. The molecule has 1 aromatic carbocycles. The van der Waals surface area contributed by atoms with Gasteiger partial charge >= 0.3 is 12.1 Å². The Morgan fingerprint density at radius 3 is 2.15 bits per heavy atom. The molecule has 1 aromatic rings. The molecule has 10 heteroatoms.